The molecule has 3 aromatic rings. The lowest BCUT2D eigenvalue weighted by Gasteiger charge is -2.19. The fourth-order valence-electron chi connectivity index (χ4n) is 4.46. The molecule has 0 bridgehead atoms. The Morgan fingerprint density at radius 2 is 1.77 bits per heavy atom. The molecular weight excluding hydrogens is 398 g/mol. The van der Waals surface area contributed by atoms with Gasteiger partial charge in [0.2, 0.25) is 0 Å². The Labute approximate surface area is 181 Å². The van der Waals surface area contributed by atoms with Crippen LogP contribution in [0.25, 0.3) is 10.8 Å². The Hall–Kier alpha value is -2.56. The summed E-state index contributed by atoms with van der Waals surface area (Å²) in [6.45, 7) is 3.87. The summed E-state index contributed by atoms with van der Waals surface area (Å²) in [5.74, 6) is 2.15. The molecule has 3 aromatic carbocycles. The van der Waals surface area contributed by atoms with Crippen LogP contribution in [0.15, 0.2) is 54.6 Å². The molecule has 0 N–H and O–H groups in total. The molecule has 5 heteroatoms. The molecule has 4 nitrogen and oxygen atoms in total. The summed E-state index contributed by atoms with van der Waals surface area (Å²) < 4.78 is 11.3. The van der Waals surface area contributed by atoms with Gasteiger partial charge in [0.1, 0.15) is 13.2 Å². The van der Waals surface area contributed by atoms with Crippen molar-refractivity contribution in [2.24, 2.45) is 0 Å². The second kappa shape index (κ2) is 8.29. The third kappa shape index (κ3) is 3.90. The normalized spacial score (nSPS) is 18.6. The van der Waals surface area contributed by atoms with Crippen molar-refractivity contribution in [2.75, 3.05) is 32.8 Å². The quantitative estimate of drug-likeness (QED) is 0.522. The zero-order valence-corrected chi connectivity index (χ0v) is 17.5. The van der Waals surface area contributed by atoms with E-state index in [-0.39, 0.29) is 5.78 Å². The number of halogens is 1. The van der Waals surface area contributed by atoms with Crippen LogP contribution >= 0.6 is 11.6 Å². The molecule has 0 aromatic heterocycles. The van der Waals surface area contributed by atoms with Crippen LogP contribution in [0.5, 0.6) is 11.5 Å². The first-order chi connectivity index (χ1) is 14.7. The summed E-state index contributed by atoms with van der Waals surface area (Å²) in [6, 6.07) is 17.9. The van der Waals surface area contributed by atoms with Crippen LogP contribution in [-0.4, -0.2) is 43.5 Å². The number of ether oxygens (including phenoxy) is 2. The van der Waals surface area contributed by atoms with E-state index in [4.69, 9.17) is 21.1 Å². The minimum Gasteiger partial charge on any atom is -0.486 e. The van der Waals surface area contributed by atoms with Crippen molar-refractivity contribution in [1.82, 2.24) is 4.90 Å². The number of ketones is 1. The zero-order valence-electron chi connectivity index (χ0n) is 16.8. The Morgan fingerprint density at radius 1 is 1.00 bits per heavy atom. The lowest BCUT2D eigenvalue weighted by molar-refractivity contribution is 0.0969. The van der Waals surface area contributed by atoms with Gasteiger partial charge in [0.25, 0.3) is 0 Å². The number of fused-ring (bicyclic) bond motifs is 2. The predicted molar refractivity (Wildman–Crippen MR) is 119 cm³/mol. The molecule has 1 saturated heterocycles. The number of Topliss-reactive ketones (excluding diaryl/α,β-unsaturated/α-hetero) is 1. The molecule has 0 spiro atoms. The van der Waals surface area contributed by atoms with E-state index in [0.29, 0.717) is 25.6 Å². The Bertz CT molecular complexity index is 1100. The number of nitrogens with zero attached hydrogens (tertiary/aromatic N) is 1. The van der Waals surface area contributed by atoms with Crippen LogP contribution < -0.4 is 9.47 Å². The van der Waals surface area contributed by atoms with Crippen molar-refractivity contribution in [3.63, 3.8) is 0 Å². The van der Waals surface area contributed by atoms with Gasteiger partial charge < -0.3 is 14.4 Å². The highest BCUT2D eigenvalue weighted by atomic mass is 35.5. The van der Waals surface area contributed by atoms with Crippen molar-refractivity contribution in [3.05, 3.63) is 70.7 Å². The first-order valence-electron chi connectivity index (χ1n) is 10.5. The molecule has 30 heavy (non-hydrogen) atoms. The van der Waals surface area contributed by atoms with Gasteiger partial charge in [-0.05, 0) is 59.5 Å². The SMILES string of the molecule is O=C(CCN1CCC(c2ccccc2Cl)C1)c1ccc2cc3c(cc2c1)OCCO3. The maximum absolute atomic E-state index is 12.8. The van der Waals surface area contributed by atoms with Gasteiger partial charge in [0.05, 0.1) is 0 Å². The van der Waals surface area contributed by atoms with Gasteiger partial charge in [-0.2, -0.15) is 0 Å². The number of likely N-dealkylation sites (tertiary alicyclic amines) is 1. The summed E-state index contributed by atoms with van der Waals surface area (Å²) in [5, 5.41) is 2.90. The highest BCUT2D eigenvalue weighted by Crippen LogP contribution is 2.35. The van der Waals surface area contributed by atoms with Crippen molar-refractivity contribution in [2.45, 2.75) is 18.8 Å². The molecular formula is C25H24ClNO3. The molecule has 154 valence electrons. The topological polar surface area (TPSA) is 38.8 Å². The lowest BCUT2D eigenvalue weighted by atomic mass is 9.98. The van der Waals surface area contributed by atoms with Crippen molar-refractivity contribution < 1.29 is 14.3 Å². The smallest absolute Gasteiger partial charge is 0.164 e. The molecule has 2 aliphatic heterocycles. The van der Waals surface area contributed by atoms with E-state index in [1.165, 1.54) is 5.56 Å². The molecule has 0 saturated carbocycles. The summed E-state index contributed by atoms with van der Waals surface area (Å²) in [4.78, 5) is 15.2. The monoisotopic (exact) mass is 421 g/mol. The van der Waals surface area contributed by atoms with E-state index in [9.17, 15) is 4.79 Å². The molecule has 1 fully saturated rings. The minimum absolute atomic E-state index is 0.174. The Kier molecular flexibility index (Phi) is 5.36. The summed E-state index contributed by atoms with van der Waals surface area (Å²) in [6.07, 6.45) is 1.60. The maximum Gasteiger partial charge on any atom is 0.164 e. The van der Waals surface area contributed by atoms with Gasteiger partial charge in [-0.3, -0.25) is 4.79 Å². The first-order valence-corrected chi connectivity index (χ1v) is 10.9. The molecule has 0 amide bonds. The largest absolute Gasteiger partial charge is 0.486 e. The van der Waals surface area contributed by atoms with Crippen LogP contribution in [-0.2, 0) is 0 Å². The minimum atomic E-state index is 0.174. The summed E-state index contributed by atoms with van der Waals surface area (Å²) >= 11 is 6.36. The van der Waals surface area contributed by atoms with Gasteiger partial charge in [0, 0.05) is 30.1 Å². The molecule has 2 aliphatic rings. The van der Waals surface area contributed by atoms with E-state index >= 15 is 0 Å². The lowest BCUT2D eigenvalue weighted by Crippen LogP contribution is -2.23. The van der Waals surface area contributed by atoms with E-state index < -0.39 is 0 Å². The van der Waals surface area contributed by atoms with Crippen LogP contribution in [0, 0.1) is 0 Å². The Balaban J connectivity index is 1.23. The molecule has 1 atom stereocenters. The van der Waals surface area contributed by atoms with Crippen molar-refractivity contribution in [1.29, 1.82) is 0 Å². The van der Waals surface area contributed by atoms with E-state index in [2.05, 4.69) is 11.0 Å². The predicted octanol–water partition coefficient (Wildman–Crippen LogP) is 5.33. The number of benzene rings is 3. The second-order valence-corrected chi connectivity index (χ2v) is 8.45. The first kappa shape index (κ1) is 19.4. The standard InChI is InChI=1S/C25H24ClNO3/c26-22-4-2-1-3-21(22)19-7-9-27(16-19)10-8-23(28)18-6-5-17-14-24-25(15-20(17)13-18)30-12-11-29-24/h1-6,13-15,19H,7-12,16H2. The van der Waals surface area contributed by atoms with Crippen LogP contribution in [0.1, 0.15) is 34.7 Å². The van der Waals surface area contributed by atoms with Crippen molar-refractivity contribution in [3.8, 4) is 11.5 Å². The highest BCUT2D eigenvalue weighted by molar-refractivity contribution is 6.31. The van der Waals surface area contributed by atoms with E-state index in [0.717, 1.165) is 58.9 Å². The van der Waals surface area contributed by atoms with Crippen LogP contribution in [0.4, 0.5) is 0 Å². The fraction of sp³-hybridized carbons (Fsp3) is 0.320. The molecule has 0 radical (unpaired) electrons. The molecule has 0 aliphatic carbocycles. The number of carbonyl (C=O) groups is 1. The third-order valence-electron chi connectivity index (χ3n) is 6.10. The second-order valence-electron chi connectivity index (χ2n) is 8.04. The number of rotatable bonds is 5. The summed E-state index contributed by atoms with van der Waals surface area (Å²) in [7, 11) is 0. The van der Waals surface area contributed by atoms with Crippen LogP contribution in [0.3, 0.4) is 0 Å². The van der Waals surface area contributed by atoms with Crippen LogP contribution in [0.2, 0.25) is 5.02 Å². The maximum atomic E-state index is 12.8. The molecule has 1 unspecified atom stereocenters. The third-order valence-corrected chi connectivity index (χ3v) is 6.44. The summed E-state index contributed by atoms with van der Waals surface area (Å²) in [5.41, 5.74) is 1.97. The fourth-order valence-corrected chi connectivity index (χ4v) is 4.75. The van der Waals surface area contributed by atoms with Gasteiger partial charge >= 0.3 is 0 Å². The van der Waals surface area contributed by atoms with E-state index in [1.807, 2.05) is 48.5 Å². The average Bonchev–Trinajstić information content (AvgIpc) is 3.24. The molecule has 5 rings (SSSR count). The van der Waals surface area contributed by atoms with Gasteiger partial charge in [-0.25, -0.2) is 0 Å². The number of hydrogen-bond acceptors (Lipinski definition) is 4. The highest BCUT2D eigenvalue weighted by Gasteiger charge is 2.25. The Morgan fingerprint density at radius 3 is 2.57 bits per heavy atom. The number of hydrogen-bond donors (Lipinski definition) is 0. The number of carbonyl (C=O) groups excluding carboxylic acids is 1. The van der Waals surface area contributed by atoms with E-state index in [1.54, 1.807) is 0 Å². The van der Waals surface area contributed by atoms with Gasteiger partial charge in [0.15, 0.2) is 17.3 Å². The molecule has 2 heterocycles. The van der Waals surface area contributed by atoms with Gasteiger partial charge in [-0.15, -0.1) is 0 Å². The average molecular weight is 422 g/mol. The van der Waals surface area contributed by atoms with Gasteiger partial charge in [-0.1, -0.05) is 41.9 Å². The zero-order chi connectivity index (χ0) is 20.5. The van der Waals surface area contributed by atoms with Crippen molar-refractivity contribution >= 4 is 28.2 Å².